The van der Waals surface area contributed by atoms with Crippen molar-refractivity contribution in [2.24, 2.45) is 0 Å². The Bertz CT molecular complexity index is 916. The first-order chi connectivity index (χ1) is 13.5. The lowest BCUT2D eigenvalue weighted by Gasteiger charge is -2.20. The van der Waals surface area contributed by atoms with Crippen LogP contribution in [0.1, 0.15) is 46.0 Å². The Balaban J connectivity index is 1.59. The Morgan fingerprint density at radius 2 is 1.71 bits per heavy atom. The van der Waals surface area contributed by atoms with Crippen LogP contribution < -0.4 is 5.32 Å². The number of rotatable bonds is 7. The molecule has 5 heteroatoms. The maximum absolute atomic E-state index is 12.5. The van der Waals surface area contributed by atoms with E-state index >= 15 is 0 Å². The van der Waals surface area contributed by atoms with E-state index < -0.39 is 12.1 Å². The van der Waals surface area contributed by atoms with Gasteiger partial charge in [-0.2, -0.15) is 0 Å². The van der Waals surface area contributed by atoms with Crippen molar-refractivity contribution in [3.63, 3.8) is 0 Å². The third-order valence-electron chi connectivity index (χ3n) is 4.63. The Labute approximate surface area is 170 Å². The second-order valence-electron chi connectivity index (χ2n) is 6.89. The van der Waals surface area contributed by atoms with Crippen molar-refractivity contribution in [1.82, 2.24) is 5.32 Å². The molecule has 1 amide bonds. The van der Waals surface area contributed by atoms with E-state index in [1.807, 2.05) is 36.4 Å². The number of aliphatic hydroxyl groups excluding tert-OH is 1. The Kier molecular flexibility index (Phi) is 6.60. The third kappa shape index (κ3) is 4.86. The maximum Gasteiger partial charge on any atom is 0.287 e. The average Bonchev–Trinajstić information content (AvgIpc) is 3.17. The van der Waals surface area contributed by atoms with Gasteiger partial charge in [0.2, 0.25) is 0 Å². The molecule has 1 aromatic heterocycles. The highest BCUT2D eigenvalue weighted by molar-refractivity contribution is 7.98. The van der Waals surface area contributed by atoms with Gasteiger partial charge in [-0.15, -0.1) is 11.8 Å². The van der Waals surface area contributed by atoms with Gasteiger partial charge in [0.15, 0.2) is 5.76 Å². The number of hydrogen-bond acceptors (Lipinski definition) is 4. The lowest BCUT2D eigenvalue weighted by Crippen LogP contribution is -2.36. The number of furan rings is 1. The number of carbonyl (C=O) groups is 1. The van der Waals surface area contributed by atoms with E-state index in [9.17, 15) is 9.90 Å². The van der Waals surface area contributed by atoms with Gasteiger partial charge in [0, 0.05) is 4.90 Å². The first-order valence-corrected chi connectivity index (χ1v) is 10.3. The Morgan fingerprint density at radius 1 is 1.04 bits per heavy atom. The SMILES string of the molecule is Cc1cccc(C)c1SCc1ccc(C(=O)N[C@H](C)[C@@H](O)c2ccccc2)o1. The molecule has 2 atom stereocenters. The summed E-state index contributed by atoms with van der Waals surface area (Å²) in [4.78, 5) is 13.7. The molecular formula is C23H25NO3S. The zero-order valence-corrected chi connectivity index (χ0v) is 17.1. The van der Waals surface area contributed by atoms with E-state index in [2.05, 4.69) is 37.4 Å². The summed E-state index contributed by atoms with van der Waals surface area (Å²) in [6, 6.07) is 18.6. The summed E-state index contributed by atoms with van der Waals surface area (Å²) in [5.74, 6) is 1.32. The van der Waals surface area contributed by atoms with Crippen LogP contribution in [0, 0.1) is 13.8 Å². The van der Waals surface area contributed by atoms with Crippen molar-refractivity contribution in [2.75, 3.05) is 0 Å². The summed E-state index contributed by atoms with van der Waals surface area (Å²) in [7, 11) is 0. The normalized spacial score (nSPS) is 13.1. The van der Waals surface area contributed by atoms with E-state index in [-0.39, 0.29) is 11.7 Å². The summed E-state index contributed by atoms with van der Waals surface area (Å²) in [6.07, 6.45) is -0.779. The number of nitrogens with one attached hydrogen (secondary N) is 1. The van der Waals surface area contributed by atoms with Crippen LogP contribution in [-0.2, 0) is 5.75 Å². The molecule has 0 bridgehead atoms. The zero-order valence-electron chi connectivity index (χ0n) is 16.3. The van der Waals surface area contributed by atoms with Crippen LogP contribution in [0.3, 0.4) is 0 Å². The van der Waals surface area contributed by atoms with Gasteiger partial charge < -0.3 is 14.8 Å². The van der Waals surface area contributed by atoms with Crippen LogP contribution in [0.5, 0.6) is 0 Å². The first-order valence-electron chi connectivity index (χ1n) is 9.27. The fourth-order valence-corrected chi connectivity index (χ4v) is 4.08. The summed E-state index contributed by atoms with van der Waals surface area (Å²) in [6.45, 7) is 5.96. The first kappa shape index (κ1) is 20.2. The van der Waals surface area contributed by atoms with Gasteiger partial charge in [-0.3, -0.25) is 4.79 Å². The minimum Gasteiger partial charge on any atom is -0.455 e. The highest BCUT2D eigenvalue weighted by Crippen LogP contribution is 2.29. The Hall–Kier alpha value is -2.50. The number of aryl methyl sites for hydroxylation is 2. The van der Waals surface area contributed by atoms with Crippen LogP contribution in [0.4, 0.5) is 0 Å². The van der Waals surface area contributed by atoms with Crippen molar-refractivity contribution >= 4 is 17.7 Å². The minimum absolute atomic E-state index is 0.254. The van der Waals surface area contributed by atoms with Gasteiger partial charge in [-0.25, -0.2) is 0 Å². The number of benzene rings is 2. The molecule has 0 radical (unpaired) electrons. The fourth-order valence-electron chi connectivity index (χ4n) is 3.04. The molecule has 0 aliphatic rings. The lowest BCUT2D eigenvalue weighted by atomic mass is 10.0. The highest BCUT2D eigenvalue weighted by atomic mass is 32.2. The van der Waals surface area contributed by atoms with Crippen LogP contribution >= 0.6 is 11.8 Å². The van der Waals surface area contributed by atoms with E-state index in [1.165, 1.54) is 16.0 Å². The number of hydrogen-bond donors (Lipinski definition) is 2. The zero-order chi connectivity index (χ0) is 20.1. The predicted molar refractivity (Wildman–Crippen MR) is 113 cm³/mol. The summed E-state index contributed by atoms with van der Waals surface area (Å²) in [5, 5.41) is 13.2. The number of carbonyl (C=O) groups excluding carboxylic acids is 1. The maximum atomic E-state index is 12.5. The van der Waals surface area contributed by atoms with Crippen LogP contribution in [-0.4, -0.2) is 17.1 Å². The minimum atomic E-state index is -0.779. The number of amides is 1. The molecule has 0 unspecified atom stereocenters. The average molecular weight is 396 g/mol. The van der Waals surface area contributed by atoms with Gasteiger partial charge >= 0.3 is 0 Å². The monoisotopic (exact) mass is 395 g/mol. The van der Waals surface area contributed by atoms with Gasteiger partial charge in [-0.05, 0) is 49.6 Å². The molecule has 3 rings (SSSR count). The summed E-state index contributed by atoms with van der Waals surface area (Å²) in [5.41, 5.74) is 3.23. The summed E-state index contributed by atoms with van der Waals surface area (Å²) >= 11 is 1.70. The molecule has 146 valence electrons. The van der Waals surface area contributed by atoms with E-state index in [1.54, 1.807) is 24.8 Å². The van der Waals surface area contributed by atoms with Crippen LogP contribution in [0.15, 0.2) is 70.0 Å². The molecule has 0 saturated heterocycles. The van der Waals surface area contributed by atoms with Gasteiger partial charge in [0.1, 0.15) is 5.76 Å². The van der Waals surface area contributed by atoms with Crippen molar-refractivity contribution < 1.29 is 14.3 Å². The van der Waals surface area contributed by atoms with Crippen LogP contribution in [0.25, 0.3) is 0 Å². The number of aliphatic hydroxyl groups is 1. The second-order valence-corrected chi connectivity index (χ2v) is 7.88. The van der Waals surface area contributed by atoms with Gasteiger partial charge in [0.05, 0.1) is 17.9 Å². The van der Waals surface area contributed by atoms with E-state index in [4.69, 9.17) is 4.42 Å². The van der Waals surface area contributed by atoms with Gasteiger partial charge in [-0.1, -0.05) is 48.5 Å². The fraction of sp³-hybridized carbons (Fsp3) is 0.261. The standard InChI is InChI=1S/C23H25NO3S/c1-15-8-7-9-16(2)22(15)28-14-19-12-13-20(27-19)23(26)24-17(3)21(25)18-10-5-4-6-11-18/h4-13,17,21,25H,14H2,1-3H3,(H,24,26)/t17-,21-/m1/s1. The largest absolute Gasteiger partial charge is 0.455 e. The third-order valence-corrected chi connectivity index (χ3v) is 5.99. The quantitative estimate of drug-likeness (QED) is 0.550. The van der Waals surface area contributed by atoms with E-state index in [0.717, 1.165) is 11.3 Å². The molecule has 2 aromatic carbocycles. The topological polar surface area (TPSA) is 62.5 Å². The molecule has 0 spiro atoms. The molecular weight excluding hydrogens is 370 g/mol. The molecule has 0 aliphatic heterocycles. The molecule has 4 nitrogen and oxygen atoms in total. The van der Waals surface area contributed by atoms with Crippen molar-refractivity contribution in [2.45, 2.75) is 43.6 Å². The van der Waals surface area contributed by atoms with Crippen molar-refractivity contribution in [1.29, 1.82) is 0 Å². The molecule has 2 N–H and O–H groups in total. The number of thioether (sulfide) groups is 1. The van der Waals surface area contributed by atoms with Crippen LogP contribution in [0.2, 0.25) is 0 Å². The molecule has 28 heavy (non-hydrogen) atoms. The molecule has 3 aromatic rings. The summed E-state index contributed by atoms with van der Waals surface area (Å²) < 4.78 is 5.72. The predicted octanol–water partition coefficient (Wildman–Crippen LogP) is 5.04. The van der Waals surface area contributed by atoms with Gasteiger partial charge in [0.25, 0.3) is 5.91 Å². The molecule has 0 aliphatic carbocycles. The highest BCUT2D eigenvalue weighted by Gasteiger charge is 2.20. The Morgan fingerprint density at radius 3 is 2.39 bits per heavy atom. The second kappa shape index (κ2) is 9.13. The van der Waals surface area contributed by atoms with E-state index in [0.29, 0.717) is 5.75 Å². The van der Waals surface area contributed by atoms with Crippen molar-refractivity contribution in [3.05, 3.63) is 88.9 Å². The van der Waals surface area contributed by atoms with Crippen molar-refractivity contribution in [3.8, 4) is 0 Å². The lowest BCUT2D eigenvalue weighted by molar-refractivity contribution is 0.0825. The molecule has 0 saturated carbocycles. The molecule has 1 heterocycles. The molecule has 0 fully saturated rings. The smallest absolute Gasteiger partial charge is 0.287 e.